The molecule has 0 spiro atoms. The maximum atomic E-state index is 13.5. The molecule has 2 aromatic carbocycles. The molecule has 3 aromatic rings. The molecule has 4 rings (SSSR count). The summed E-state index contributed by atoms with van der Waals surface area (Å²) >= 11 is 1.30. The minimum absolute atomic E-state index is 0.0706. The van der Waals surface area contributed by atoms with E-state index in [9.17, 15) is 18.8 Å². The number of benzene rings is 2. The highest BCUT2D eigenvalue weighted by Crippen LogP contribution is 2.33. The molecule has 0 saturated heterocycles. The number of hydrogen-bond donors (Lipinski definition) is 2. The zero-order valence-electron chi connectivity index (χ0n) is 17.2. The Morgan fingerprint density at radius 1 is 1.28 bits per heavy atom. The van der Waals surface area contributed by atoms with Crippen molar-refractivity contribution in [1.82, 2.24) is 4.98 Å². The van der Waals surface area contributed by atoms with E-state index in [2.05, 4.69) is 15.6 Å². The van der Waals surface area contributed by atoms with Gasteiger partial charge in [0.1, 0.15) is 17.4 Å². The highest BCUT2D eigenvalue weighted by atomic mass is 32.1. The Balaban J connectivity index is 1.34. The normalized spacial score (nSPS) is 14.9. The van der Waals surface area contributed by atoms with Crippen molar-refractivity contribution >= 4 is 40.5 Å². The Morgan fingerprint density at radius 2 is 2.09 bits per heavy atom. The van der Waals surface area contributed by atoms with Crippen LogP contribution in [-0.4, -0.2) is 22.8 Å². The number of fused-ring (bicyclic) bond motifs is 1. The maximum Gasteiger partial charge on any atom is 0.314 e. The summed E-state index contributed by atoms with van der Waals surface area (Å²) in [6.07, 6.45) is 0.0353. The molecule has 0 aliphatic carbocycles. The lowest BCUT2D eigenvalue weighted by Crippen LogP contribution is -2.28. The quantitative estimate of drug-likeness (QED) is 0.551. The average molecular weight is 453 g/mol. The van der Waals surface area contributed by atoms with Crippen LogP contribution in [0, 0.1) is 12.7 Å². The summed E-state index contributed by atoms with van der Waals surface area (Å²) in [7, 11) is 0. The third kappa shape index (κ3) is 5.00. The number of nitrogens with zero attached hydrogens (tertiary/aromatic N) is 1. The number of aryl methyl sites for hydroxylation is 1. The lowest BCUT2D eigenvalue weighted by molar-refractivity contribution is -0.148. The molecule has 9 heteroatoms. The summed E-state index contributed by atoms with van der Waals surface area (Å²) < 4.78 is 18.8. The second-order valence-electron chi connectivity index (χ2n) is 7.42. The number of rotatable bonds is 6. The van der Waals surface area contributed by atoms with Gasteiger partial charge in [-0.1, -0.05) is 24.3 Å². The van der Waals surface area contributed by atoms with E-state index in [1.165, 1.54) is 29.5 Å². The van der Waals surface area contributed by atoms with Gasteiger partial charge >= 0.3 is 5.97 Å². The number of halogens is 1. The van der Waals surface area contributed by atoms with Gasteiger partial charge in [-0.15, -0.1) is 11.3 Å². The number of nitrogens with one attached hydrogen (secondary N) is 2. The zero-order chi connectivity index (χ0) is 22.7. The highest BCUT2D eigenvalue weighted by molar-refractivity contribution is 7.09. The van der Waals surface area contributed by atoms with Gasteiger partial charge in [0, 0.05) is 23.2 Å². The topological polar surface area (TPSA) is 97.4 Å². The van der Waals surface area contributed by atoms with Crippen LogP contribution in [0.3, 0.4) is 0 Å². The third-order valence-electron chi connectivity index (χ3n) is 5.03. The van der Waals surface area contributed by atoms with Gasteiger partial charge in [0.05, 0.1) is 18.0 Å². The molecule has 0 radical (unpaired) electrons. The van der Waals surface area contributed by atoms with Crippen LogP contribution in [0.5, 0.6) is 0 Å². The molecule has 0 bridgehead atoms. The molecule has 2 amide bonds. The lowest BCUT2D eigenvalue weighted by atomic mass is 9.90. The lowest BCUT2D eigenvalue weighted by Gasteiger charge is -2.24. The fourth-order valence-electron chi connectivity index (χ4n) is 3.43. The van der Waals surface area contributed by atoms with Crippen LogP contribution in [0.2, 0.25) is 0 Å². The fraction of sp³-hybridized carbons (Fsp3) is 0.217. The third-order valence-corrected chi connectivity index (χ3v) is 5.93. The first-order valence-electron chi connectivity index (χ1n) is 9.94. The second-order valence-corrected chi connectivity index (χ2v) is 8.36. The van der Waals surface area contributed by atoms with Crippen molar-refractivity contribution < 1.29 is 23.5 Å². The average Bonchev–Trinajstić information content (AvgIpc) is 3.19. The van der Waals surface area contributed by atoms with Crippen molar-refractivity contribution in [3.8, 4) is 0 Å². The molecule has 1 aliphatic heterocycles. The number of ether oxygens (including phenoxy) is 1. The number of anilines is 2. The van der Waals surface area contributed by atoms with Crippen LogP contribution in [-0.2, 0) is 32.1 Å². The standard InChI is InChI=1S/C23H20FN3O4S/c1-13-4-2-3-5-18(13)26-21(29)10-22-25-15(12-32-22)11-31-23(30)17-9-20(28)27-19-8-14(24)6-7-16(17)19/h2-8,12,17H,9-11H2,1H3,(H,26,29)(H,27,28). The Kier molecular flexibility index (Phi) is 6.27. The van der Waals surface area contributed by atoms with Gasteiger partial charge < -0.3 is 15.4 Å². The summed E-state index contributed by atoms with van der Waals surface area (Å²) in [5, 5.41) is 7.74. The van der Waals surface area contributed by atoms with Gasteiger partial charge in [0.15, 0.2) is 0 Å². The number of carbonyl (C=O) groups excluding carboxylic acids is 3. The van der Waals surface area contributed by atoms with Gasteiger partial charge in [0.25, 0.3) is 0 Å². The molecule has 0 fully saturated rings. The van der Waals surface area contributed by atoms with E-state index >= 15 is 0 Å². The van der Waals surface area contributed by atoms with Crippen molar-refractivity contribution in [3.05, 3.63) is 75.5 Å². The predicted octanol–water partition coefficient (Wildman–Crippen LogP) is 3.94. The number of hydrogen-bond acceptors (Lipinski definition) is 6. The minimum atomic E-state index is -0.808. The number of thiazole rings is 1. The molecule has 7 nitrogen and oxygen atoms in total. The van der Waals surface area contributed by atoms with Crippen LogP contribution >= 0.6 is 11.3 Å². The molecule has 164 valence electrons. The molecule has 1 unspecified atom stereocenters. The summed E-state index contributed by atoms with van der Waals surface area (Å²) in [4.78, 5) is 41.1. The van der Waals surface area contributed by atoms with E-state index < -0.39 is 17.7 Å². The molecule has 0 saturated carbocycles. The molecule has 1 aliphatic rings. The largest absolute Gasteiger partial charge is 0.459 e. The monoisotopic (exact) mass is 453 g/mol. The number of aromatic nitrogens is 1. The van der Waals surface area contributed by atoms with Crippen LogP contribution < -0.4 is 10.6 Å². The van der Waals surface area contributed by atoms with Crippen molar-refractivity contribution in [2.24, 2.45) is 0 Å². The molecular weight excluding hydrogens is 433 g/mol. The summed E-state index contributed by atoms with van der Waals surface area (Å²) in [6.45, 7) is 1.83. The molecule has 1 aromatic heterocycles. The smallest absolute Gasteiger partial charge is 0.314 e. The number of para-hydroxylation sites is 1. The fourth-order valence-corrected chi connectivity index (χ4v) is 4.21. The van der Waals surface area contributed by atoms with Gasteiger partial charge in [-0.25, -0.2) is 9.37 Å². The summed E-state index contributed by atoms with van der Waals surface area (Å²) in [6, 6.07) is 11.4. The number of amides is 2. The van der Waals surface area contributed by atoms with Crippen LogP contribution in [0.1, 0.15) is 34.2 Å². The predicted molar refractivity (Wildman–Crippen MR) is 118 cm³/mol. The van der Waals surface area contributed by atoms with Crippen molar-refractivity contribution in [1.29, 1.82) is 0 Å². The van der Waals surface area contributed by atoms with Gasteiger partial charge in [-0.05, 0) is 36.2 Å². The molecule has 2 N–H and O–H groups in total. The number of esters is 1. The Bertz CT molecular complexity index is 1190. The number of carbonyl (C=O) groups is 3. The first-order chi connectivity index (χ1) is 15.4. The summed E-state index contributed by atoms with van der Waals surface area (Å²) in [5.74, 6) is -2.45. The van der Waals surface area contributed by atoms with E-state index in [4.69, 9.17) is 4.74 Å². The van der Waals surface area contributed by atoms with E-state index in [0.29, 0.717) is 16.3 Å². The SMILES string of the molecule is Cc1ccccc1NC(=O)Cc1nc(COC(=O)C2CC(=O)Nc3cc(F)ccc32)cs1. The van der Waals surface area contributed by atoms with E-state index in [-0.39, 0.29) is 37.0 Å². The molecule has 32 heavy (non-hydrogen) atoms. The van der Waals surface area contributed by atoms with Gasteiger partial charge in [-0.3, -0.25) is 14.4 Å². The second kappa shape index (κ2) is 9.27. The first kappa shape index (κ1) is 21.6. The molecular formula is C23H20FN3O4S. The van der Waals surface area contributed by atoms with Crippen LogP contribution in [0.25, 0.3) is 0 Å². The van der Waals surface area contributed by atoms with Crippen molar-refractivity contribution in [2.75, 3.05) is 10.6 Å². The van der Waals surface area contributed by atoms with Crippen molar-refractivity contribution in [2.45, 2.75) is 32.3 Å². The maximum absolute atomic E-state index is 13.5. The highest BCUT2D eigenvalue weighted by Gasteiger charge is 2.32. The van der Waals surface area contributed by atoms with E-state index in [0.717, 1.165) is 11.3 Å². The minimum Gasteiger partial charge on any atom is -0.459 e. The Morgan fingerprint density at radius 3 is 2.91 bits per heavy atom. The molecule has 1 atom stereocenters. The molecule has 2 heterocycles. The Labute approximate surface area is 187 Å². The first-order valence-corrected chi connectivity index (χ1v) is 10.8. The van der Waals surface area contributed by atoms with Crippen molar-refractivity contribution in [3.63, 3.8) is 0 Å². The van der Waals surface area contributed by atoms with Crippen LogP contribution in [0.4, 0.5) is 15.8 Å². The van der Waals surface area contributed by atoms with Gasteiger partial charge in [-0.2, -0.15) is 0 Å². The van der Waals surface area contributed by atoms with E-state index in [1.807, 2.05) is 31.2 Å². The van der Waals surface area contributed by atoms with E-state index in [1.54, 1.807) is 5.38 Å². The zero-order valence-corrected chi connectivity index (χ0v) is 18.0. The van der Waals surface area contributed by atoms with Gasteiger partial charge in [0.2, 0.25) is 11.8 Å². The van der Waals surface area contributed by atoms with Crippen LogP contribution in [0.15, 0.2) is 47.8 Å². The summed E-state index contributed by atoms with van der Waals surface area (Å²) in [5.41, 5.74) is 3.02. The Hall–Kier alpha value is -3.59.